The molecule has 4 N–H and O–H groups in total. The van der Waals surface area contributed by atoms with E-state index in [1.165, 1.54) is 0 Å². The highest BCUT2D eigenvalue weighted by molar-refractivity contribution is 7.71. The van der Waals surface area contributed by atoms with Gasteiger partial charge >= 0.3 is 0 Å². The molecule has 0 unspecified atom stereocenters. The van der Waals surface area contributed by atoms with E-state index in [0.29, 0.717) is 0 Å². The molecule has 0 aliphatic carbocycles. The summed E-state index contributed by atoms with van der Waals surface area (Å²) >= 11 is 5.60. The molecule has 0 spiro atoms. The molecule has 1 rings (SSSR count). The van der Waals surface area contributed by atoms with Crippen LogP contribution in [-0.2, 0) is 16.5 Å². The molecular weight excluding hydrogens is 216 g/mol. The van der Waals surface area contributed by atoms with E-state index in [4.69, 9.17) is 23.1 Å². The number of aromatic nitrogens is 2. The monoisotopic (exact) mass is 222 g/mol. The summed E-state index contributed by atoms with van der Waals surface area (Å²) in [6.07, 6.45) is 0. The van der Waals surface area contributed by atoms with E-state index in [0.717, 1.165) is 0 Å². The number of rotatable bonds is 2. The standard InChI is InChI=1S/C5H7ClN4O2S/c6-3-2(1-13(11)12)4(7)10-5(8)9-3/h13H,1H2,(H4,7,8,9,10). The molecule has 0 atom stereocenters. The largest absolute Gasteiger partial charge is 0.383 e. The number of hydrogen-bond donors (Lipinski definition) is 3. The fourth-order valence-corrected chi connectivity index (χ4v) is 1.68. The van der Waals surface area contributed by atoms with Crippen molar-refractivity contribution in [3.8, 4) is 0 Å². The number of anilines is 2. The molecule has 0 saturated heterocycles. The van der Waals surface area contributed by atoms with Crippen LogP contribution in [-0.4, -0.2) is 18.4 Å². The van der Waals surface area contributed by atoms with Crippen LogP contribution < -0.4 is 11.5 Å². The Labute approximate surface area is 80.9 Å². The second kappa shape index (κ2) is 3.75. The first-order chi connectivity index (χ1) is 6.00. The third-order valence-corrected chi connectivity index (χ3v) is 2.18. The molecule has 0 radical (unpaired) electrons. The lowest BCUT2D eigenvalue weighted by Gasteiger charge is -2.03. The molecule has 0 aromatic carbocycles. The normalized spacial score (nSPS) is 10.6. The number of thiol groups is 1. The van der Waals surface area contributed by atoms with Crippen LogP contribution in [0.2, 0.25) is 5.15 Å². The number of nitrogens with two attached hydrogens (primary N) is 2. The van der Waals surface area contributed by atoms with Gasteiger partial charge in [-0.2, -0.15) is 4.98 Å². The summed E-state index contributed by atoms with van der Waals surface area (Å²) in [7, 11) is -2.60. The molecule has 1 heterocycles. The number of hydrogen-bond acceptors (Lipinski definition) is 6. The Balaban J connectivity index is 3.20. The lowest BCUT2D eigenvalue weighted by molar-refractivity contribution is 0.614. The van der Waals surface area contributed by atoms with Crippen LogP contribution in [0.3, 0.4) is 0 Å². The molecule has 1 aromatic heterocycles. The second-order valence-electron chi connectivity index (χ2n) is 2.23. The van der Waals surface area contributed by atoms with Crippen molar-refractivity contribution in [1.29, 1.82) is 0 Å². The van der Waals surface area contributed by atoms with Crippen LogP contribution in [0.1, 0.15) is 5.56 Å². The Morgan fingerprint density at radius 2 is 1.92 bits per heavy atom. The van der Waals surface area contributed by atoms with Gasteiger partial charge in [-0.1, -0.05) is 11.6 Å². The van der Waals surface area contributed by atoms with Gasteiger partial charge in [0.1, 0.15) is 21.7 Å². The highest BCUT2D eigenvalue weighted by Crippen LogP contribution is 2.19. The molecule has 8 heteroatoms. The first-order valence-corrected chi connectivity index (χ1v) is 4.94. The predicted octanol–water partition coefficient (Wildman–Crippen LogP) is -0.594. The van der Waals surface area contributed by atoms with Gasteiger partial charge in [-0.05, 0) is 0 Å². The summed E-state index contributed by atoms with van der Waals surface area (Å²) in [4.78, 5) is 7.15. The average Bonchev–Trinajstić information content (AvgIpc) is 1.96. The molecule has 0 aliphatic rings. The van der Waals surface area contributed by atoms with Gasteiger partial charge in [0.25, 0.3) is 0 Å². The van der Waals surface area contributed by atoms with E-state index >= 15 is 0 Å². The van der Waals surface area contributed by atoms with Crippen molar-refractivity contribution in [2.45, 2.75) is 5.75 Å². The minimum absolute atomic E-state index is 0.00306. The summed E-state index contributed by atoms with van der Waals surface area (Å²) in [5, 5.41) is -0.0239. The molecular formula is C5H7ClN4O2S. The topological polar surface area (TPSA) is 112 Å². The lowest BCUT2D eigenvalue weighted by Crippen LogP contribution is -2.05. The van der Waals surface area contributed by atoms with E-state index in [9.17, 15) is 8.42 Å². The first kappa shape index (κ1) is 10.0. The van der Waals surface area contributed by atoms with Crippen LogP contribution in [0.15, 0.2) is 0 Å². The average molecular weight is 223 g/mol. The Hall–Kier alpha value is -1.08. The quantitative estimate of drug-likeness (QED) is 0.455. The van der Waals surface area contributed by atoms with Crippen molar-refractivity contribution < 1.29 is 8.42 Å². The van der Waals surface area contributed by atoms with Crippen LogP contribution in [0.5, 0.6) is 0 Å². The van der Waals surface area contributed by atoms with Gasteiger partial charge in [-0.25, -0.2) is 13.4 Å². The number of nitrogen functional groups attached to an aromatic ring is 2. The van der Waals surface area contributed by atoms with Crippen LogP contribution in [0.4, 0.5) is 11.8 Å². The van der Waals surface area contributed by atoms with E-state index in [2.05, 4.69) is 9.97 Å². The van der Waals surface area contributed by atoms with Crippen molar-refractivity contribution in [2.75, 3.05) is 11.5 Å². The first-order valence-electron chi connectivity index (χ1n) is 3.20. The number of nitrogens with zero attached hydrogens (tertiary/aromatic N) is 2. The maximum atomic E-state index is 10.4. The van der Waals surface area contributed by atoms with Crippen molar-refractivity contribution in [1.82, 2.24) is 9.97 Å². The summed E-state index contributed by atoms with van der Waals surface area (Å²) in [5.41, 5.74) is 10.8. The third-order valence-electron chi connectivity index (χ3n) is 1.29. The van der Waals surface area contributed by atoms with Crippen molar-refractivity contribution in [3.63, 3.8) is 0 Å². The van der Waals surface area contributed by atoms with Gasteiger partial charge in [0.2, 0.25) is 5.95 Å². The summed E-state index contributed by atoms with van der Waals surface area (Å²) < 4.78 is 20.8. The van der Waals surface area contributed by atoms with E-state index in [1.54, 1.807) is 0 Å². The molecule has 72 valence electrons. The third kappa shape index (κ3) is 2.43. The zero-order valence-corrected chi connectivity index (χ0v) is 8.05. The lowest BCUT2D eigenvalue weighted by atomic mass is 10.3. The molecule has 0 aliphatic heterocycles. The highest BCUT2D eigenvalue weighted by Gasteiger charge is 2.09. The van der Waals surface area contributed by atoms with E-state index < -0.39 is 10.7 Å². The van der Waals surface area contributed by atoms with Crippen LogP contribution in [0.25, 0.3) is 0 Å². The predicted molar refractivity (Wildman–Crippen MR) is 49.9 cm³/mol. The Bertz CT molecular complexity index is 375. The number of halogens is 1. The Kier molecular flexibility index (Phi) is 2.89. The molecule has 0 amide bonds. The maximum absolute atomic E-state index is 10.4. The SMILES string of the molecule is Nc1nc(N)c(C[SH](=O)=O)c(Cl)n1. The molecule has 13 heavy (non-hydrogen) atoms. The van der Waals surface area contributed by atoms with Gasteiger partial charge in [0.05, 0.1) is 5.75 Å². The molecule has 0 fully saturated rings. The van der Waals surface area contributed by atoms with Gasteiger partial charge in [0.15, 0.2) is 0 Å². The van der Waals surface area contributed by atoms with Gasteiger partial charge < -0.3 is 11.5 Å². The molecule has 0 bridgehead atoms. The Morgan fingerprint density at radius 3 is 2.38 bits per heavy atom. The fraction of sp³-hybridized carbons (Fsp3) is 0.200. The summed E-state index contributed by atoms with van der Waals surface area (Å²) in [6.45, 7) is 0. The minimum Gasteiger partial charge on any atom is -0.383 e. The summed E-state index contributed by atoms with van der Waals surface area (Å²) in [6, 6.07) is 0. The van der Waals surface area contributed by atoms with Crippen molar-refractivity contribution >= 4 is 34.1 Å². The minimum atomic E-state index is -2.60. The smallest absolute Gasteiger partial charge is 0.223 e. The van der Waals surface area contributed by atoms with Crippen LogP contribution in [0, 0.1) is 0 Å². The summed E-state index contributed by atoms with van der Waals surface area (Å²) in [5.74, 6) is -0.357. The zero-order chi connectivity index (χ0) is 10.0. The van der Waals surface area contributed by atoms with Crippen molar-refractivity contribution in [2.24, 2.45) is 0 Å². The van der Waals surface area contributed by atoms with Crippen LogP contribution >= 0.6 is 11.6 Å². The fourth-order valence-electron chi connectivity index (χ4n) is 0.765. The Morgan fingerprint density at radius 1 is 1.31 bits per heavy atom. The van der Waals surface area contributed by atoms with E-state index in [-0.39, 0.29) is 28.2 Å². The van der Waals surface area contributed by atoms with Crippen molar-refractivity contribution in [3.05, 3.63) is 10.7 Å². The van der Waals surface area contributed by atoms with Gasteiger partial charge in [0, 0.05) is 5.56 Å². The molecule has 0 saturated carbocycles. The molecule has 1 aromatic rings. The second-order valence-corrected chi connectivity index (χ2v) is 3.57. The highest BCUT2D eigenvalue weighted by atomic mass is 35.5. The molecule has 6 nitrogen and oxygen atoms in total. The van der Waals surface area contributed by atoms with Gasteiger partial charge in [-0.15, -0.1) is 0 Å². The maximum Gasteiger partial charge on any atom is 0.223 e. The van der Waals surface area contributed by atoms with E-state index in [1.807, 2.05) is 0 Å². The zero-order valence-electron chi connectivity index (χ0n) is 6.40. The van der Waals surface area contributed by atoms with Gasteiger partial charge in [-0.3, -0.25) is 0 Å².